The zero-order valence-corrected chi connectivity index (χ0v) is 25.0. The van der Waals surface area contributed by atoms with Gasteiger partial charge in [-0.1, -0.05) is 52.7 Å². The number of nitrogens with one attached hydrogen (secondary N) is 2. The molecule has 0 fully saturated rings. The Labute approximate surface area is 253 Å². The van der Waals surface area contributed by atoms with Crippen molar-refractivity contribution in [3.05, 3.63) is 105 Å². The summed E-state index contributed by atoms with van der Waals surface area (Å²) >= 11 is 12.8. The third kappa shape index (κ3) is 6.31. The molecule has 0 bridgehead atoms. The lowest BCUT2D eigenvalue weighted by Gasteiger charge is -2.21. The zero-order valence-electron chi connectivity index (χ0n) is 23.5. The summed E-state index contributed by atoms with van der Waals surface area (Å²) in [4.78, 5) is 6.56. The first kappa shape index (κ1) is 29.3. The second-order valence-electron chi connectivity index (χ2n) is 10.5. The zero-order chi connectivity index (χ0) is 30.0. The van der Waals surface area contributed by atoms with Crippen LogP contribution < -0.4 is 10.6 Å². The fraction of sp³-hybridized carbons (Fsp3) is 0.226. The van der Waals surface area contributed by atoms with Gasteiger partial charge in [0.2, 0.25) is 0 Å². The van der Waals surface area contributed by atoms with Crippen molar-refractivity contribution in [1.29, 1.82) is 5.26 Å². The van der Waals surface area contributed by atoms with Crippen LogP contribution in [0.1, 0.15) is 48.3 Å². The van der Waals surface area contributed by atoms with Crippen molar-refractivity contribution < 1.29 is 4.39 Å². The lowest BCUT2D eigenvalue weighted by atomic mass is 10.0. The molecule has 42 heavy (non-hydrogen) atoms. The summed E-state index contributed by atoms with van der Waals surface area (Å²) < 4.78 is 15.6. The Morgan fingerprint density at radius 1 is 1.05 bits per heavy atom. The van der Waals surface area contributed by atoms with Gasteiger partial charge in [0.1, 0.15) is 17.6 Å². The first-order valence-electron chi connectivity index (χ1n) is 13.3. The Morgan fingerprint density at radius 3 is 2.52 bits per heavy atom. The number of hydrogen-bond donors (Lipinski definition) is 2. The fourth-order valence-corrected chi connectivity index (χ4v) is 5.14. The number of anilines is 3. The van der Waals surface area contributed by atoms with Crippen molar-refractivity contribution in [2.45, 2.75) is 32.5 Å². The minimum Gasteiger partial charge on any atom is -0.373 e. The van der Waals surface area contributed by atoms with E-state index in [2.05, 4.69) is 55.1 Å². The minimum absolute atomic E-state index is 0.0361. The number of benzene rings is 3. The molecule has 0 aliphatic rings. The molecule has 5 rings (SSSR count). The molecule has 2 N–H and O–H groups in total. The Morgan fingerprint density at radius 2 is 1.83 bits per heavy atom. The molecule has 2 heterocycles. The average molecular weight is 604 g/mol. The topological polar surface area (TPSA) is 94.7 Å². The van der Waals surface area contributed by atoms with Crippen molar-refractivity contribution >= 4 is 51.2 Å². The van der Waals surface area contributed by atoms with E-state index in [1.54, 1.807) is 12.1 Å². The van der Waals surface area contributed by atoms with E-state index in [-0.39, 0.29) is 17.1 Å². The average Bonchev–Trinajstić information content (AvgIpc) is 3.44. The molecule has 2 aromatic heterocycles. The van der Waals surface area contributed by atoms with E-state index in [4.69, 9.17) is 23.2 Å². The molecule has 8 nitrogen and oxygen atoms in total. The number of nitrogens with zero attached hydrogens (tertiary/aromatic N) is 6. The smallest absolute Gasteiger partial charge is 0.141 e. The third-order valence-corrected chi connectivity index (χ3v) is 7.26. The maximum Gasteiger partial charge on any atom is 0.141 e. The van der Waals surface area contributed by atoms with E-state index in [0.717, 1.165) is 23.4 Å². The van der Waals surface area contributed by atoms with E-state index in [1.165, 1.54) is 18.3 Å². The second kappa shape index (κ2) is 12.3. The molecule has 0 unspecified atom stereocenters. The number of halogens is 3. The maximum atomic E-state index is 13.8. The van der Waals surface area contributed by atoms with Crippen molar-refractivity contribution in [3.63, 3.8) is 0 Å². The monoisotopic (exact) mass is 602 g/mol. The van der Waals surface area contributed by atoms with E-state index in [0.29, 0.717) is 38.6 Å². The van der Waals surface area contributed by atoms with Crippen LogP contribution in [0.3, 0.4) is 0 Å². The molecule has 0 saturated heterocycles. The summed E-state index contributed by atoms with van der Waals surface area (Å²) in [6.07, 6.45) is 3.39. The van der Waals surface area contributed by atoms with Crippen molar-refractivity contribution in [2.75, 3.05) is 24.7 Å². The largest absolute Gasteiger partial charge is 0.373 e. The molecule has 11 heteroatoms. The Hall–Kier alpha value is -4.23. The predicted octanol–water partition coefficient (Wildman–Crippen LogP) is 7.73. The van der Waals surface area contributed by atoms with Crippen LogP contribution in [0.4, 0.5) is 21.5 Å². The molecule has 0 spiro atoms. The summed E-state index contributed by atoms with van der Waals surface area (Å²) in [6, 6.07) is 18.2. The van der Waals surface area contributed by atoms with Gasteiger partial charge in [-0.2, -0.15) is 5.26 Å². The number of fused-ring (bicyclic) bond motifs is 1. The van der Waals surface area contributed by atoms with Crippen LogP contribution in [0.15, 0.2) is 67.0 Å². The summed E-state index contributed by atoms with van der Waals surface area (Å²) in [7, 11) is 4.06. The van der Waals surface area contributed by atoms with Gasteiger partial charge in [-0.25, -0.2) is 9.07 Å². The highest BCUT2D eigenvalue weighted by Crippen LogP contribution is 2.37. The van der Waals surface area contributed by atoms with Gasteiger partial charge in [0.25, 0.3) is 0 Å². The summed E-state index contributed by atoms with van der Waals surface area (Å²) in [5.41, 5.74) is 5.38. The van der Waals surface area contributed by atoms with Crippen molar-refractivity contribution in [1.82, 2.24) is 24.9 Å². The molecule has 1 atom stereocenters. The maximum absolute atomic E-state index is 13.8. The van der Waals surface area contributed by atoms with Gasteiger partial charge >= 0.3 is 0 Å². The first-order valence-corrected chi connectivity index (χ1v) is 14.0. The van der Waals surface area contributed by atoms with Gasteiger partial charge in [0.05, 0.1) is 39.1 Å². The number of pyridine rings is 1. The lowest BCUT2D eigenvalue weighted by Crippen LogP contribution is -2.15. The highest BCUT2D eigenvalue weighted by molar-refractivity contribution is 6.36. The summed E-state index contributed by atoms with van der Waals surface area (Å²) in [5, 5.41) is 26.5. The van der Waals surface area contributed by atoms with E-state index in [9.17, 15) is 9.65 Å². The van der Waals surface area contributed by atoms with Gasteiger partial charge in [-0.05, 0) is 69.4 Å². The van der Waals surface area contributed by atoms with E-state index < -0.39 is 5.82 Å². The molecule has 0 amide bonds. The standard InChI is InChI=1S/C31H29Cl2FN8/c1-18(2)42-17-28(39-40-42)30(20-7-5-6-19(10-20)16-41(3)4)38-23-11-24-29(37-22-8-9-27(34)25(32)12-22)21(14-35)15-36-31(24)26(33)13-23/h5-13,15,17-18,30,38H,16H2,1-4H3,(H,36,37)/t30-/m0/s1. The lowest BCUT2D eigenvalue weighted by molar-refractivity contribution is 0.402. The van der Waals surface area contributed by atoms with Crippen LogP contribution in [0.2, 0.25) is 10.0 Å². The van der Waals surface area contributed by atoms with Gasteiger partial charge < -0.3 is 15.5 Å². The Balaban J connectivity index is 1.61. The molecule has 0 saturated carbocycles. The van der Waals surface area contributed by atoms with Crippen LogP contribution in [0.25, 0.3) is 10.9 Å². The van der Waals surface area contributed by atoms with Gasteiger partial charge in [0.15, 0.2) is 0 Å². The molecule has 0 aliphatic heterocycles. The summed E-state index contributed by atoms with van der Waals surface area (Å²) in [6.45, 7) is 4.88. The fourth-order valence-electron chi connectivity index (χ4n) is 4.69. The molecule has 5 aromatic rings. The number of nitriles is 1. The Kier molecular flexibility index (Phi) is 8.59. The minimum atomic E-state index is -0.535. The number of hydrogen-bond acceptors (Lipinski definition) is 7. The van der Waals surface area contributed by atoms with Crippen molar-refractivity contribution in [2.24, 2.45) is 0 Å². The van der Waals surface area contributed by atoms with Gasteiger partial charge in [-0.3, -0.25) is 4.98 Å². The predicted molar refractivity (Wildman–Crippen MR) is 166 cm³/mol. The summed E-state index contributed by atoms with van der Waals surface area (Å²) in [5.74, 6) is -0.535. The highest BCUT2D eigenvalue weighted by atomic mass is 35.5. The van der Waals surface area contributed by atoms with Gasteiger partial charge in [0, 0.05) is 35.5 Å². The van der Waals surface area contributed by atoms with Crippen LogP contribution in [-0.2, 0) is 6.54 Å². The van der Waals surface area contributed by atoms with E-state index >= 15 is 0 Å². The third-order valence-electron chi connectivity index (χ3n) is 6.68. The quantitative estimate of drug-likeness (QED) is 0.178. The number of aromatic nitrogens is 4. The van der Waals surface area contributed by atoms with Gasteiger partial charge in [-0.15, -0.1) is 5.10 Å². The van der Waals surface area contributed by atoms with Crippen LogP contribution in [0.5, 0.6) is 0 Å². The Bertz CT molecular complexity index is 1790. The molecular formula is C31H29Cl2FN8. The van der Waals surface area contributed by atoms with Crippen molar-refractivity contribution in [3.8, 4) is 6.07 Å². The molecule has 0 radical (unpaired) electrons. The molecule has 214 valence electrons. The molecule has 3 aromatic carbocycles. The van der Waals surface area contributed by atoms with Crippen LogP contribution in [0, 0.1) is 17.1 Å². The normalized spacial score (nSPS) is 12.1. The molecule has 0 aliphatic carbocycles. The van der Waals surface area contributed by atoms with E-state index in [1.807, 2.05) is 51.0 Å². The second-order valence-corrected chi connectivity index (χ2v) is 11.4. The SMILES string of the molecule is CC(C)n1cc([C@@H](Nc2cc(Cl)c3ncc(C#N)c(Nc4ccc(F)c(Cl)c4)c3c2)c2cccc(CN(C)C)c2)nn1. The highest BCUT2D eigenvalue weighted by Gasteiger charge is 2.21. The first-order chi connectivity index (χ1) is 20.1. The number of rotatable bonds is 9. The molecular weight excluding hydrogens is 574 g/mol. The van der Waals surface area contributed by atoms with Crippen LogP contribution >= 0.6 is 23.2 Å². The van der Waals surface area contributed by atoms with Crippen LogP contribution in [-0.4, -0.2) is 39.0 Å².